The molecule has 0 bridgehead atoms. The van der Waals surface area contributed by atoms with Crippen molar-refractivity contribution in [2.24, 2.45) is 0 Å². The highest BCUT2D eigenvalue weighted by atomic mass is 16.2. The molecule has 1 unspecified atom stereocenters. The van der Waals surface area contributed by atoms with Crippen LogP contribution in [0.1, 0.15) is 57.7 Å². The van der Waals surface area contributed by atoms with Crippen LogP contribution in [0.25, 0.3) is 11.4 Å². The van der Waals surface area contributed by atoms with Crippen LogP contribution in [-0.2, 0) is 4.79 Å². The highest BCUT2D eigenvalue weighted by Gasteiger charge is 2.18. The van der Waals surface area contributed by atoms with Crippen molar-refractivity contribution in [2.45, 2.75) is 52.0 Å². The average molecular weight is 328 g/mol. The standard InChI is InChI=1S/C18H24N4O2/c1-3-5-7-12-15(23)19-14(4-2)16-18(24)20-17(22-21-16)13-10-8-6-9-11-13/h6,8-11,14H,3-5,7,12H2,1-2H3,(H,19,23)(H,20,22,24). The Hall–Kier alpha value is -2.50. The van der Waals surface area contributed by atoms with Crippen LogP contribution >= 0.6 is 0 Å². The zero-order valence-electron chi connectivity index (χ0n) is 14.2. The van der Waals surface area contributed by atoms with E-state index in [1.54, 1.807) is 0 Å². The van der Waals surface area contributed by atoms with Gasteiger partial charge in [-0.05, 0) is 12.8 Å². The van der Waals surface area contributed by atoms with Crippen LogP contribution in [0.5, 0.6) is 0 Å². The molecule has 1 amide bonds. The normalized spacial score (nSPS) is 11.9. The summed E-state index contributed by atoms with van der Waals surface area (Å²) < 4.78 is 0. The molecule has 0 radical (unpaired) electrons. The van der Waals surface area contributed by atoms with E-state index in [9.17, 15) is 9.59 Å². The molecule has 0 spiro atoms. The Morgan fingerprint density at radius 2 is 1.92 bits per heavy atom. The molecule has 1 heterocycles. The Balaban J connectivity index is 2.12. The van der Waals surface area contributed by atoms with Crippen LogP contribution in [0.15, 0.2) is 35.1 Å². The Morgan fingerprint density at radius 1 is 1.17 bits per heavy atom. The zero-order valence-corrected chi connectivity index (χ0v) is 14.2. The van der Waals surface area contributed by atoms with Gasteiger partial charge in [-0.3, -0.25) is 9.59 Å². The monoisotopic (exact) mass is 328 g/mol. The van der Waals surface area contributed by atoms with Crippen LogP contribution in [0.3, 0.4) is 0 Å². The number of aromatic amines is 1. The quantitative estimate of drug-likeness (QED) is 0.729. The van der Waals surface area contributed by atoms with Crippen molar-refractivity contribution in [2.75, 3.05) is 0 Å². The van der Waals surface area contributed by atoms with Crippen molar-refractivity contribution >= 4 is 5.91 Å². The topological polar surface area (TPSA) is 87.7 Å². The van der Waals surface area contributed by atoms with Crippen molar-refractivity contribution in [3.05, 3.63) is 46.4 Å². The number of carbonyl (C=O) groups is 1. The first kappa shape index (κ1) is 17.8. The van der Waals surface area contributed by atoms with E-state index >= 15 is 0 Å². The first-order valence-corrected chi connectivity index (χ1v) is 8.47. The lowest BCUT2D eigenvalue weighted by molar-refractivity contribution is -0.122. The SMILES string of the molecule is CCCCCC(=O)NC(CC)c1nnc(-c2ccccc2)[nH]c1=O. The third-order valence-electron chi connectivity index (χ3n) is 3.85. The molecule has 2 rings (SSSR count). The van der Waals surface area contributed by atoms with Crippen molar-refractivity contribution < 1.29 is 4.79 Å². The van der Waals surface area contributed by atoms with E-state index < -0.39 is 6.04 Å². The van der Waals surface area contributed by atoms with E-state index in [0.717, 1.165) is 24.8 Å². The van der Waals surface area contributed by atoms with E-state index in [1.165, 1.54) is 0 Å². The van der Waals surface area contributed by atoms with Gasteiger partial charge in [-0.2, -0.15) is 0 Å². The molecular weight excluding hydrogens is 304 g/mol. The second kappa shape index (κ2) is 8.96. The van der Waals surface area contributed by atoms with Crippen molar-refractivity contribution in [1.29, 1.82) is 0 Å². The third kappa shape index (κ3) is 4.75. The number of amides is 1. The fourth-order valence-corrected chi connectivity index (χ4v) is 2.47. The van der Waals surface area contributed by atoms with Gasteiger partial charge in [-0.25, -0.2) is 0 Å². The second-order valence-corrected chi connectivity index (χ2v) is 5.74. The van der Waals surface area contributed by atoms with Gasteiger partial charge in [0.1, 0.15) is 0 Å². The number of rotatable bonds is 8. The molecule has 0 aliphatic heterocycles. The molecule has 1 aromatic heterocycles. The maximum Gasteiger partial charge on any atom is 0.275 e. The van der Waals surface area contributed by atoms with E-state index in [2.05, 4.69) is 27.4 Å². The summed E-state index contributed by atoms with van der Waals surface area (Å²) in [7, 11) is 0. The molecule has 6 nitrogen and oxygen atoms in total. The number of hydrogen-bond donors (Lipinski definition) is 2. The third-order valence-corrected chi connectivity index (χ3v) is 3.85. The van der Waals surface area contributed by atoms with Crippen molar-refractivity contribution in [1.82, 2.24) is 20.5 Å². The summed E-state index contributed by atoms with van der Waals surface area (Å²) in [5.41, 5.74) is 0.732. The molecule has 24 heavy (non-hydrogen) atoms. The molecule has 0 fully saturated rings. The summed E-state index contributed by atoms with van der Waals surface area (Å²) in [6.45, 7) is 4.00. The molecule has 1 atom stereocenters. The highest BCUT2D eigenvalue weighted by Crippen LogP contribution is 2.14. The fraction of sp³-hybridized carbons (Fsp3) is 0.444. The summed E-state index contributed by atoms with van der Waals surface area (Å²) in [5, 5.41) is 11.1. The van der Waals surface area contributed by atoms with Crippen molar-refractivity contribution in [3.8, 4) is 11.4 Å². The molecule has 0 saturated carbocycles. The summed E-state index contributed by atoms with van der Waals surface area (Å²) in [4.78, 5) is 27.1. The molecule has 0 aliphatic rings. The Morgan fingerprint density at radius 3 is 2.54 bits per heavy atom. The van der Waals surface area contributed by atoms with Gasteiger partial charge in [0.2, 0.25) is 5.91 Å². The summed E-state index contributed by atoms with van der Waals surface area (Å²) in [6.07, 6.45) is 4.00. The summed E-state index contributed by atoms with van der Waals surface area (Å²) >= 11 is 0. The van der Waals surface area contributed by atoms with Gasteiger partial charge in [0.15, 0.2) is 11.5 Å². The number of nitrogens with zero attached hydrogens (tertiary/aromatic N) is 2. The number of benzene rings is 1. The zero-order chi connectivity index (χ0) is 17.4. The lowest BCUT2D eigenvalue weighted by Gasteiger charge is -2.15. The fourth-order valence-electron chi connectivity index (χ4n) is 2.47. The lowest BCUT2D eigenvalue weighted by Crippen LogP contribution is -2.33. The van der Waals surface area contributed by atoms with Crippen LogP contribution in [0, 0.1) is 0 Å². The minimum atomic E-state index is -0.416. The van der Waals surface area contributed by atoms with Gasteiger partial charge in [0.25, 0.3) is 5.56 Å². The number of aromatic nitrogens is 3. The number of carbonyl (C=O) groups excluding carboxylic acids is 1. The molecule has 2 N–H and O–H groups in total. The number of unbranched alkanes of at least 4 members (excludes halogenated alkanes) is 2. The maximum absolute atomic E-state index is 12.3. The Kier molecular flexibility index (Phi) is 6.66. The van der Waals surface area contributed by atoms with Gasteiger partial charge in [-0.15, -0.1) is 10.2 Å². The number of hydrogen-bond acceptors (Lipinski definition) is 4. The molecular formula is C18H24N4O2. The van der Waals surface area contributed by atoms with Crippen LogP contribution < -0.4 is 10.9 Å². The summed E-state index contributed by atoms with van der Waals surface area (Å²) in [6, 6.07) is 8.92. The number of nitrogens with one attached hydrogen (secondary N) is 2. The molecule has 1 aromatic carbocycles. The largest absolute Gasteiger partial charge is 0.347 e. The van der Waals surface area contributed by atoms with Crippen molar-refractivity contribution in [3.63, 3.8) is 0 Å². The van der Waals surface area contributed by atoms with Crippen LogP contribution in [-0.4, -0.2) is 21.1 Å². The predicted octanol–water partition coefficient (Wildman–Crippen LogP) is 2.98. The second-order valence-electron chi connectivity index (χ2n) is 5.74. The van der Waals surface area contributed by atoms with E-state index in [0.29, 0.717) is 18.7 Å². The maximum atomic E-state index is 12.3. The Labute approximate surface area is 141 Å². The summed E-state index contributed by atoms with van der Waals surface area (Å²) in [5.74, 6) is 0.372. The molecule has 6 heteroatoms. The first-order valence-electron chi connectivity index (χ1n) is 8.47. The van der Waals surface area contributed by atoms with Crippen LogP contribution in [0.2, 0.25) is 0 Å². The van der Waals surface area contributed by atoms with Gasteiger partial charge < -0.3 is 10.3 Å². The van der Waals surface area contributed by atoms with Gasteiger partial charge in [0, 0.05) is 12.0 Å². The van der Waals surface area contributed by atoms with Gasteiger partial charge in [-0.1, -0.05) is 57.0 Å². The van der Waals surface area contributed by atoms with Gasteiger partial charge in [0.05, 0.1) is 6.04 Å². The molecule has 0 aliphatic carbocycles. The first-order chi connectivity index (χ1) is 11.7. The van der Waals surface area contributed by atoms with E-state index in [-0.39, 0.29) is 17.2 Å². The minimum Gasteiger partial charge on any atom is -0.347 e. The average Bonchev–Trinajstić information content (AvgIpc) is 2.61. The lowest BCUT2D eigenvalue weighted by atomic mass is 10.1. The predicted molar refractivity (Wildman–Crippen MR) is 93.4 cm³/mol. The van der Waals surface area contributed by atoms with Gasteiger partial charge >= 0.3 is 0 Å². The Bertz CT molecular complexity index is 712. The van der Waals surface area contributed by atoms with E-state index in [4.69, 9.17) is 0 Å². The molecule has 128 valence electrons. The smallest absolute Gasteiger partial charge is 0.275 e. The highest BCUT2D eigenvalue weighted by molar-refractivity contribution is 5.76. The van der Waals surface area contributed by atoms with E-state index in [1.807, 2.05) is 37.3 Å². The molecule has 0 saturated heterocycles. The minimum absolute atomic E-state index is 0.0522. The number of H-pyrrole nitrogens is 1. The molecule has 2 aromatic rings. The van der Waals surface area contributed by atoms with Crippen LogP contribution in [0.4, 0.5) is 0 Å².